The van der Waals surface area contributed by atoms with Crippen LogP contribution in [0.2, 0.25) is 10.0 Å². The van der Waals surface area contributed by atoms with Crippen LogP contribution in [0.4, 0.5) is 0 Å². The van der Waals surface area contributed by atoms with Gasteiger partial charge in [0.05, 0.1) is 10.6 Å². The van der Waals surface area contributed by atoms with Crippen LogP contribution in [-0.4, -0.2) is 38.1 Å². The van der Waals surface area contributed by atoms with Crippen molar-refractivity contribution < 1.29 is 13.2 Å². The van der Waals surface area contributed by atoms with Crippen LogP contribution >= 0.6 is 23.2 Å². The molecule has 0 aromatic heterocycles. The Balaban J connectivity index is 1.79. The zero-order chi connectivity index (χ0) is 23.3. The van der Waals surface area contributed by atoms with Crippen molar-refractivity contribution in [1.82, 2.24) is 10.2 Å². The van der Waals surface area contributed by atoms with Gasteiger partial charge in [0.25, 0.3) is 5.91 Å². The fraction of sp³-hybridized carbons (Fsp3) is 0.375. The summed E-state index contributed by atoms with van der Waals surface area (Å²) in [7, 11) is -3.44. The van der Waals surface area contributed by atoms with E-state index in [-0.39, 0.29) is 23.1 Å². The zero-order valence-corrected chi connectivity index (χ0v) is 20.5. The van der Waals surface area contributed by atoms with Gasteiger partial charge in [-0.1, -0.05) is 49.2 Å². The summed E-state index contributed by atoms with van der Waals surface area (Å²) in [6.07, 6.45) is 5.33. The Hall–Kier alpha value is -1.86. The number of carbonyl (C=O) groups excluding carboxylic acids is 1. The topological polar surface area (TPSA) is 66.5 Å². The highest BCUT2D eigenvalue weighted by molar-refractivity contribution is 7.91. The van der Waals surface area contributed by atoms with Gasteiger partial charge in [0.1, 0.15) is 0 Å². The number of hydrogen-bond donors (Lipinski definition) is 1. The normalized spacial score (nSPS) is 14.8. The molecule has 5 nitrogen and oxygen atoms in total. The number of rotatable bonds is 8. The van der Waals surface area contributed by atoms with E-state index in [4.69, 9.17) is 23.2 Å². The van der Waals surface area contributed by atoms with Gasteiger partial charge >= 0.3 is 0 Å². The number of nitrogens with one attached hydrogen (secondary N) is 1. The maximum Gasteiger partial charge on any atom is 0.251 e. The average Bonchev–Trinajstić information content (AvgIpc) is 2.79. The van der Waals surface area contributed by atoms with E-state index in [1.54, 1.807) is 31.2 Å². The van der Waals surface area contributed by atoms with Gasteiger partial charge in [0, 0.05) is 28.7 Å². The predicted octanol–water partition coefficient (Wildman–Crippen LogP) is 5.35. The second-order valence-electron chi connectivity index (χ2n) is 7.90. The van der Waals surface area contributed by atoms with E-state index in [2.05, 4.69) is 16.8 Å². The maximum absolute atomic E-state index is 12.9. The Bertz CT molecular complexity index is 1110. The van der Waals surface area contributed by atoms with Crippen molar-refractivity contribution >= 4 is 45.0 Å². The fourth-order valence-electron chi connectivity index (χ4n) is 3.90. The van der Waals surface area contributed by atoms with Gasteiger partial charge in [0.2, 0.25) is 0 Å². The van der Waals surface area contributed by atoms with Crippen molar-refractivity contribution in [3.63, 3.8) is 0 Å². The van der Waals surface area contributed by atoms with Crippen LogP contribution < -0.4 is 5.32 Å². The summed E-state index contributed by atoms with van der Waals surface area (Å²) in [5.74, 6) is -0.383. The summed E-state index contributed by atoms with van der Waals surface area (Å²) >= 11 is 12.6. The third kappa shape index (κ3) is 5.93. The van der Waals surface area contributed by atoms with Gasteiger partial charge in [-0.05, 0) is 73.0 Å². The van der Waals surface area contributed by atoms with Crippen LogP contribution in [0.3, 0.4) is 0 Å². The van der Waals surface area contributed by atoms with Crippen LogP contribution in [0.25, 0.3) is 6.08 Å². The van der Waals surface area contributed by atoms with Crippen molar-refractivity contribution in [3.05, 3.63) is 69.2 Å². The summed E-state index contributed by atoms with van der Waals surface area (Å²) in [5, 5.41) is 3.72. The molecule has 1 N–H and O–H groups in total. The minimum absolute atomic E-state index is 0.0323. The molecule has 2 aromatic rings. The average molecular weight is 495 g/mol. The van der Waals surface area contributed by atoms with Crippen molar-refractivity contribution in [2.75, 3.05) is 18.8 Å². The number of carbonyl (C=O) groups is 1. The lowest BCUT2D eigenvalue weighted by Gasteiger charge is -2.27. The van der Waals surface area contributed by atoms with E-state index in [1.807, 2.05) is 0 Å². The summed E-state index contributed by atoms with van der Waals surface area (Å²) in [4.78, 5) is 15.4. The molecular weight excluding hydrogens is 467 g/mol. The second-order valence-corrected chi connectivity index (χ2v) is 11.0. The molecule has 1 heterocycles. The second kappa shape index (κ2) is 10.8. The summed E-state index contributed by atoms with van der Waals surface area (Å²) < 4.78 is 24.8. The summed E-state index contributed by atoms with van der Waals surface area (Å²) in [6.45, 7) is 8.30. The van der Waals surface area contributed by atoms with Gasteiger partial charge in [-0.25, -0.2) is 8.42 Å². The SMILES string of the molecule is C=Cc1cc(C(=O)NCc2cc(Cl)ccc2S(=O)(=O)CC)cc(Cl)c1CN1CCCCC1. The molecule has 0 atom stereocenters. The van der Waals surface area contributed by atoms with Crippen molar-refractivity contribution in [1.29, 1.82) is 0 Å². The smallest absolute Gasteiger partial charge is 0.251 e. The third-order valence-electron chi connectivity index (χ3n) is 5.72. The minimum atomic E-state index is -3.44. The number of hydrogen-bond acceptors (Lipinski definition) is 4. The molecular formula is C24H28Cl2N2O3S. The van der Waals surface area contributed by atoms with Crippen LogP contribution in [0.15, 0.2) is 41.8 Å². The van der Waals surface area contributed by atoms with Crippen molar-refractivity contribution in [2.24, 2.45) is 0 Å². The quantitative estimate of drug-likeness (QED) is 0.537. The molecule has 1 saturated heterocycles. The Kier molecular flexibility index (Phi) is 8.39. The van der Waals surface area contributed by atoms with E-state index in [9.17, 15) is 13.2 Å². The van der Waals surface area contributed by atoms with E-state index < -0.39 is 9.84 Å². The molecule has 0 unspecified atom stereocenters. The van der Waals surface area contributed by atoms with E-state index in [0.717, 1.165) is 30.8 Å². The highest BCUT2D eigenvalue weighted by atomic mass is 35.5. The highest BCUT2D eigenvalue weighted by Crippen LogP contribution is 2.27. The molecule has 8 heteroatoms. The number of nitrogens with zero attached hydrogens (tertiary/aromatic N) is 1. The predicted molar refractivity (Wildman–Crippen MR) is 131 cm³/mol. The van der Waals surface area contributed by atoms with E-state index >= 15 is 0 Å². The largest absolute Gasteiger partial charge is 0.348 e. The molecule has 0 radical (unpaired) electrons. The van der Waals surface area contributed by atoms with Crippen LogP contribution in [0, 0.1) is 0 Å². The Morgan fingerprint density at radius 2 is 1.88 bits per heavy atom. The molecule has 1 fully saturated rings. The van der Waals surface area contributed by atoms with Crippen LogP contribution in [0.1, 0.15) is 53.2 Å². The Morgan fingerprint density at radius 3 is 2.53 bits per heavy atom. The number of halogens is 2. The van der Waals surface area contributed by atoms with E-state index in [0.29, 0.717) is 21.2 Å². The molecule has 0 aliphatic carbocycles. The lowest BCUT2D eigenvalue weighted by molar-refractivity contribution is 0.0950. The lowest BCUT2D eigenvalue weighted by atomic mass is 10.0. The molecule has 2 aromatic carbocycles. The standard InChI is InChI=1S/C24H28Cl2N2O3S/c1-3-17-12-18(14-22(26)21(17)16-28-10-6-5-7-11-28)24(29)27-15-19-13-20(25)8-9-23(19)32(30,31)4-2/h3,8-9,12-14H,1,4-7,10-11,15-16H2,2H3,(H,27,29). The molecule has 172 valence electrons. The Labute approximate surface area is 200 Å². The number of benzene rings is 2. The van der Waals surface area contributed by atoms with Crippen LogP contribution in [-0.2, 0) is 22.9 Å². The summed E-state index contributed by atoms with van der Waals surface area (Å²) in [6, 6.07) is 8.01. The molecule has 0 spiro atoms. The summed E-state index contributed by atoms with van der Waals surface area (Å²) in [5.41, 5.74) is 2.63. The van der Waals surface area contributed by atoms with Crippen molar-refractivity contribution in [2.45, 2.75) is 44.2 Å². The number of amides is 1. The lowest BCUT2D eigenvalue weighted by Crippen LogP contribution is -2.29. The van der Waals surface area contributed by atoms with Crippen molar-refractivity contribution in [3.8, 4) is 0 Å². The van der Waals surface area contributed by atoms with Crippen LogP contribution in [0.5, 0.6) is 0 Å². The number of sulfone groups is 1. The molecule has 0 bridgehead atoms. The molecule has 1 amide bonds. The minimum Gasteiger partial charge on any atom is -0.348 e. The monoisotopic (exact) mass is 494 g/mol. The van der Waals surface area contributed by atoms with E-state index in [1.165, 1.54) is 31.4 Å². The molecule has 3 rings (SSSR count). The first-order valence-electron chi connectivity index (χ1n) is 10.7. The van der Waals surface area contributed by atoms with Gasteiger partial charge in [-0.2, -0.15) is 0 Å². The maximum atomic E-state index is 12.9. The number of likely N-dealkylation sites (tertiary alicyclic amines) is 1. The Morgan fingerprint density at radius 1 is 1.16 bits per heavy atom. The molecule has 0 saturated carbocycles. The molecule has 1 aliphatic heterocycles. The third-order valence-corrected chi connectivity index (χ3v) is 8.12. The highest BCUT2D eigenvalue weighted by Gasteiger charge is 2.19. The van der Waals surface area contributed by atoms with Gasteiger partial charge in [0.15, 0.2) is 9.84 Å². The first-order chi connectivity index (χ1) is 15.2. The van der Waals surface area contributed by atoms with Gasteiger partial charge < -0.3 is 5.32 Å². The first-order valence-corrected chi connectivity index (χ1v) is 13.1. The first kappa shape index (κ1) is 24.8. The number of piperidine rings is 1. The zero-order valence-electron chi connectivity index (χ0n) is 18.2. The van der Waals surface area contributed by atoms with Gasteiger partial charge in [-0.3, -0.25) is 9.69 Å². The fourth-order valence-corrected chi connectivity index (χ4v) is 5.50. The van der Waals surface area contributed by atoms with Gasteiger partial charge in [-0.15, -0.1) is 0 Å². The molecule has 32 heavy (non-hydrogen) atoms. The molecule has 1 aliphatic rings.